The molecule has 2 amide bonds. The zero-order valence-electron chi connectivity index (χ0n) is 11.1. The van der Waals surface area contributed by atoms with Crippen molar-refractivity contribution in [3.63, 3.8) is 0 Å². The summed E-state index contributed by atoms with van der Waals surface area (Å²) in [5.74, 6) is -0.0903. The number of rotatable bonds is 3. The first-order valence-corrected chi connectivity index (χ1v) is 6.97. The molecule has 2 rings (SSSR count). The molecular weight excluding hydrogens is 278 g/mol. The Kier molecular flexibility index (Phi) is 4.49. The van der Waals surface area contributed by atoms with Gasteiger partial charge in [0.1, 0.15) is 0 Å². The van der Waals surface area contributed by atoms with Gasteiger partial charge in [-0.3, -0.25) is 9.59 Å². The Morgan fingerprint density at radius 1 is 1.30 bits per heavy atom. The molecule has 0 radical (unpaired) electrons. The number of hydrogen-bond acceptors (Lipinski definition) is 3. The van der Waals surface area contributed by atoms with Gasteiger partial charge in [-0.2, -0.15) is 0 Å². The van der Waals surface area contributed by atoms with E-state index in [1.807, 2.05) is 0 Å². The highest BCUT2D eigenvalue weighted by Crippen LogP contribution is 2.24. The van der Waals surface area contributed by atoms with Crippen LogP contribution >= 0.6 is 11.6 Å². The van der Waals surface area contributed by atoms with Crippen molar-refractivity contribution in [1.29, 1.82) is 0 Å². The number of hydrogen-bond donors (Lipinski definition) is 2. The number of piperidine rings is 1. The average Bonchev–Trinajstić information content (AvgIpc) is 2.38. The summed E-state index contributed by atoms with van der Waals surface area (Å²) in [6.07, 6.45) is 1.98. The van der Waals surface area contributed by atoms with E-state index >= 15 is 0 Å². The van der Waals surface area contributed by atoms with Crippen molar-refractivity contribution in [2.24, 2.45) is 11.7 Å². The minimum Gasteiger partial charge on any atom is -0.398 e. The van der Waals surface area contributed by atoms with Crippen LogP contribution < -0.4 is 11.5 Å². The molecular formula is C14H18ClN3O2. The van der Waals surface area contributed by atoms with Gasteiger partial charge in [0.15, 0.2) is 0 Å². The molecule has 6 heteroatoms. The number of benzene rings is 1. The largest absolute Gasteiger partial charge is 0.398 e. The van der Waals surface area contributed by atoms with E-state index in [-0.39, 0.29) is 17.7 Å². The summed E-state index contributed by atoms with van der Waals surface area (Å²) < 4.78 is 0. The van der Waals surface area contributed by atoms with Crippen LogP contribution in [0.1, 0.15) is 29.6 Å². The maximum Gasteiger partial charge on any atom is 0.255 e. The molecule has 1 heterocycles. The molecule has 1 aromatic rings. The Morgan fingerprint density at radius 2 is 1.95 bits per heavy atom. The monoisotopic (exact) mass is 295 g/mol. The van der Waals surface area contributed by atoms with Crippen LogP contribution in [-0.4, -0.2) is 29.8 Å². The van der Waals surface area contributed by atoms with Crippen molar-refractivity contribution in [2.75, 3.05) is 18.8 Å². The molecule has 20 heavy (non-hydrogen) atoms. The summed E-state index contributed by atoms with van der Waals surface area (Å²) in [7, 11) is 0. The van der Waals surface area contributed by atoms with Gasteiger partial charge >= 0.3 is 0 Å². The number of carbonyl (C=O) groups is 2. The fourth-order valence-corrected chi connectivity index (χ4v) is 2.70. The molecule has 0 bridgehead atoms. The van der Waals surface area contributed by atoms with Gasteiger partial charge in [-0.25, -0.2) is 0 Å². The van der Waals surface area contributed by atoms with Gasteiger partial charge in [0.25, 0.3) is 5.91 Å². The van der Waals surface area contributed by atoms with Gasteiger partial charge in [0.2, 0.25) is 5.91 Å². The van der Waals surface area contributed by atoms with Gasteiger partial charge < -0.3 is 16.4 Å². The van der Waals surface area contributed by atoms with Crippen LogP contribution in [0.3, 0.4) is 0 Å². The van der Waals surface area contributed by atoms with Crippen LogP contribution in [0.5, 0.6) is 0 Å². The van der Waals surface area contributed by atoms with Gasteiger partial charge in [0.05, 0.1) is 5.56 Å². The zero-order valence-corrected chi connectivity index (χ0v) is 11.9. The van der Waals surface area contributed by atoms with E-state index in [0.717, 1.165) is 12.8 Å². The predicted molar refractivity (Wildman–Crippen MR) is 78.3 cm³/mol. The molecule has 0 spiro atoms. The number of nitrogens with zero attached hydrogens (tertiary/aromatic N) is 1. The predicted octanol–water partition coefficient (Wildman–Crippen LogP) is 1.65. The van der Waals surface area contributed by atoms with Gasteiger partial charge in [-0.05, 0) is 37.0 Å². The molecule has 1 saturated heterocycles. The first-order valence-electron chi connectivity index (χ1n) is 6.60. The Labute approximate surface area is 122 Å². The lowest BCUT2D eigenvalue weighted by molar-refractivity contribution is -0.119. The fraction of sp³-hybridized carbons (Fsp3) is 0.429. The van der Waals surface area contributed by atoms with E-state index in [2.05, 4.69) is 0 Å². The standard InChI is InChI=1S/C14H18ClN3O2/c15-10-1-2-11(12(16)8-10)14(20)18-5-3-9(4-6-18)7-13(17)19/h1-2,8-9H,3-7,16H2,(H2,17,19). The Morgan fingerprint density at radius 3 is 2.50 bits per heavy atom. The average molecular weight is 296 g/mol. The van der Waals surface area contributed by atoms with Gasteiger partial charge in [-0.15, -0.1) is 0 Å². The van der Waals surface area contributed by atoms with Crippen LogP contribution in [0.2, 0.25) is 5.02 Å². The van der Waals surface area contributed by atoms with Crippen molar-refractivity contribution in [3.05, 3.63) is 28.8 Å². The molecule has 4 N–H and O–H groups in total. The van der Waals surface area contributed by atoms with E-state index in [1.54, 1.807) is 23.1 Å². The number of primary amides is 1. The van der Waals surface area contributed by atoms with Crippen molar-refractivity contribution in [3.8, 4) is 0 Å². The second-order valence-corrected chi connectivity index (χ2v) is 5.57. The lowest BCUT2D eigenvalue weighted by Crippen LogP contribution is -2.39. The van der Waals surface area contributed by atoms with Gasteiger partial charge in [-0.1, -0.05) is 11.6 Å². The van der Waals surface area contributed by atoms with E-state index in [0.29, 0.717) is 35.8 Å². The summed E-state index contributed by atoms with van der Waals surface area (Å²) in [4.78, 5) is 25.0. The van der Waals surface area contributed by atoms with Gasteiger partial charge in [0, 0.05) is 30.2 Å². The highest BCUT2D eigenvalue weighted by molar-refractivity contribution is 6.31. The fourth-order valence-electron chi connectivity index (χ4n) is 2.52. The summed E-state index contributed by atoms with van der Waals surface area (Å²) in [6, 6.07) is 4.88. The topological polar surface area (TPSA) is 89.4 Å². The molecule has 5 nitrogen and oxygen atoms in total. The Bertz CT molecular complexity index is 525. The Hall–Kier alpha value is -1.75. The van der Waals surface area contributed by atoms with Crippen LogP contribution in [0.4, 0.5) is 5.69 Å². The number of anilines is 1. The molecule has 0 aromatic heterocycles. The quantitative estimate of drug-likeness (QED) is 0.831. The van der Waals surface area contributed by atoms with Crippen molar-refractivity contribution >= 4 is 29.1 Å². The van der Waals surface area contributed by atoms with E-state index < -0.39 is 0 Å². The third-order valence-corrected chi connectivity index (χ3v) is 3.87. The van der Waals surface area contributed by atoms with Crippen LogP contribution in [0.15, 0.2) is 18.2 Å². The second kappa shape index (κ2) is 6.13. The molecule has 108 valence electrons. The van der Waals surface area contributed by atoms with Crippen LogP contribution in [0, 0.1) is 5.92 Å². The minimum atomic E-state index is -0.281. The van der Waals surface area contributed by atoms with E-state index in [4.69, 9.17) is 23.1 Å². The number of nitrogens with two attached hydrogens (primary N) is 2. The number of carbonyl (C=O) groups excluding carboxylic acids is 2. The summed E-state index contributed by atoms with van der Waals surface area (Å²) in [5, 5.41) is 0.513. The molecule has 0 aliphatic carbocycles. The number of nitrogen functional groups attached to an aromatic ring is 1. The van der Waals surface area contributed by atoms with Crippen LogP contribution in [-0.2, 0) is 4.79 Å². The molecule has 0 atom stereocenters. The maximum absolute atomic E-state index is 12.4. The number of amides is 2. The lowest BCUT2D eigenvalue weighted by atomic mass is 9.93. The highest BCUT2D eigenvalue weighted by Gasteiger charge is 2.25. The third-order valence-electron chi connectivity index (χ3n) is 3.64. The minimum absolute atomic E-state index is 0.0864. The van der Waals surface area contributed by atoms with Crippen molar-refractivity contribution in [1.82, 2.24) is 4.90 Å². The van der Waals surface area contributed by atoms with Crippen LogP contribution in [0.25, 0.3) is 0 Å². The first kappa shape index (κ1) is 14.7. The number of halogens is 1. The maximum atomic E-state index is 12.4. The highest BCUT2D eigenvalue weighted by atomic mass is 35.5. The number of likely N-dealkylation sites (tertiary alicyclic amines) is 1. The second-order valence-electron chi connectivity index (χ2n) is 5.14. The molecule has 1 fully saturated rings. The lowest BCUT2D eigenvalue weighted by Gasteiger charge is -2.31. The molecule has 1 aliphatic heterocycles. The van der Waals surface area contributed by atoms with Crippen molar-refractivity contribution < 1.29 is 9.59 Å². The molecule has 0 unspecified atom stereocenters. The zero-order chi connectivity index (χ0) is 14.7. The van der Waals surface area contributed by atoms with E-state index in [9.17, 15) is 9.59 Å². The summed E-state index contributed by atoms with van der Waals surface area (Å²) in [6.45, 7) is 1.25. The summed E-state index contributed by atoms with van der Waals surface area (Å²) in [5.41, 5.74) is 11.9. The third kappa shape index (κ3) is 3.42. The SMILES string of the molecule is NC(=O)CC1CCN(C(=O)c2ccc(Cl)cc2N)CC1. The molecule has 1 aromatic carbocycles. The molecule has 0 saturated carbocycles. The van der Waals surface area contributed by atoms with Crippen molar-refractivity contribution in [2.45, 2.75) is 19.3 Å². The Balaban J connectivity index is 1.99. The smallest absolute Gasteiger partial charge is 0.255 e. The molecule has 1 aliphatic rings. The normalized spacial score (nSPS) is 16.1. The van der Waals surface area contributed by atoms with E-state index in [1.165, 1.54) is 0 Å². The first-order chi connectivity index (χ1) is 9.47. The summed E-state index contributed by atoms with van der Waals surface area (Å²) >= 11 is 5.83.